The second kappa shape index (κ2) is 3.25. The van der Waals surface area contributed by atoms with Crippen LogP contribution in [-0.4, -0.2) is 14.5 Å². The summed E-state index contributed by atoms with van der Waals surface area (Å²) in [4.78, 5) is 8.70. The van der Waals surface area contributed by atoms with Gasteiger partial charge < -0.3 is 4.42 Å². The molecule has 0 radical (unpaired) electrons. The first-order valence-electron chi connectivity index (χ1n) is 6.53. The number of hydrogen-bond acceptors (Lipinski definition) is 3. The SMILES string of the molecule is C[n+]1c2n(c3c4ncccc4oc31)Cc1cnccc1-2. The zero-order chi connectivity index (χ0) is 13.3. The lowest BCUT2D eigenvalue weighted by Crippen LogP contribution is -2.29. The number of aromatic nitrogens is 4. The van der Waals surface area contributed by atoms with Crippen LogP contribution >= 0.6 is 0 Å². The highest BCUT2D eigenvalue weighted by atomic mass is 16.3. The number of rotatable bonds is 0. The summed E-state index contributed by atoms with van der Waals surface area (Å²) in [5, 5.41) is 0. The van der Waals surface area contributed by atoms with Crippen LogP contribution in [0.2, 0.25) is 0 Å². The molecule has 5 nitrogen and oxygen atoms in total. The summed E-state index contributed by atoms with van der Waals surface area (Å²) in [6, 6.07) is 5.91. The fourth-order valence-electron chi connectivity index (χ4n) is 3.18. The topological polar surface area (TPSA) is 47.7 Å². The summed E-state index contributed by atoms with van der Waals surface area (Å²) in [6.45, 7) is 0.820. The molecule has 0 spiro atoms. The molecule has 20 heavy (non-hydrogen) atoms. The predicted octanol–water partition coefficient (Wildman–Crippen LogP) is 2.03. The van der Waals surface area contributed by atoms with Crippen molar-refractivity contribution in [1.29, 1.82) is 0 Å². The Labute approximate surface area is 114 Å². The minimum absolute atomic E-state index is 0.820. The van der Waals surface area contributed by atoms with Crippen molar-refractivity contribution in [1.82, 2.24) is 14.5 Å². The monoisotopic (exact) mass is 263 g/mol. The molecule has 5 heteroatoms. The van der Waals surface area contributed by atoms with Crippen LogP contribution in [0, 0.1) is 0 Å². The van der Waals surface area contributed by atoms with E-state index in [1.807, 2.05) is 31.6 Å². The zero-order valence-corrected chi connectivity index (χ0v) is 10.9. The van der Waals surface area contributed by atoms with Crippen molar-refractivity contribution < 1.29 is 8.98 Å². The average molecular weight is 263 g/mol. The lowest BCUT2D eigenvalue weighted by Gasteiger charge is -1.93. The maximum absolute atomic E-state index is 5.96. The number of fused-ring (bicyclic) bond motifs is 7. The Balaban J connectivity index is 1.99. The molecule has 5 rings (SSSR count). The molecule has 0 saturated heterocycles. The lowest BCUT2D eigenvalue weighted by atomic mass is 10.2. The summed E-state index contributed by atoms with van der Waals surface area (Å²) in [7, 11) is 2.03. The molecular formula is C15H11N4O+. The van der Waals surface area contributed by atoms with E-state index in [9.17, 15) is 0 Å². The van der Waals surface area contributed by atoms with E-state index in [4.69, 9.17) is 4.42 Å². The van der Waals surface area contributed by atoms with E-state index >= 15 is 0 Å². The summed E-state index contributed by atoms with van der Waals surface area (Å²) in [5.41, 5.74) is 6.15. The number of imidazole rings is 1. The van der Waals surface area contributed by atoms with E-state index in [-0.39, 0.29) is 0 Å². The fourth-order valence-corrected chi connectivity index (χ4v) is 3.18. The smallest absolute Gasteiger partial charge is 0.340 e. The maximum Gasteiger partial charge on any atom is 0.340 e. The van der Waals surface area contributed by atoms with E-state index < -0.39 is 0 Å². The third-order valence-corrected chi connectivity index (χ3v) is 4.03. The molecule has 1 aliphatic heterocycles. The first-order valence-corrected chi connectivity index (χ1v) is 6.53. The van der Waals surface area contributed by atoms with Gasteiger partial charge in [0.1, 0.15) is 6.54 Å². The largest absolute Gasteiger partial charge is 0.417 e. The van der Waals surface area contributed by atoms with E-state index in [0.717, 1.165) is 34.7 Å². The summed E-state index contributed by atoms with van der Waals surface area (Å²) in [5.74, 6) is 1.16. The lowest BCUT2D eigenvalue weighted by molar-refractivity contribution is -0.640. The van der Waals surface area contributed by atoms with Crippen molar-refractivity contribution in [3.8, 4) is 11.4 Å². The van der Waals surface area contributed by atoms with Crippen LogP contribution in [0.5, 0.6) is 0 Å². The fraction of sp³-hybridized carbons (Fsp3) is 0.133. The molecule has 0 bridgehead atoms. The predicted molar refractivity (Wildman–Crippen MR) is 73.0 cm³/mol. The summed E-state index contributed by atoms with van der Waals surface area (Å²) < 4.78 is 10.3. The van der Waals surface area contributed by atoms with E-state index in [2.05, 4.69) is 25.2 Å². The molecule has 0 atom stereocenters. The number of furan rings is 1. The van der Waals surface area contributed by atoms with Gasteiger partial charge in [-0.25, -0.2) is 9.55 Å². The van der Waals surface area contributed by atoms with Gasteiger partial charge in [0.2, 0.25) is 5.52 Å². The molecular weight excluding hydrogens is 252 g/mol. The number of hydrogen-bond donors (Lipinski definition) is 0. The minimum atomic E-state index is 0.820. The number of pyridine rings is 2. The van der Waals surface area contributed by atoms with Crippen LogP contribution in [0.3, 0.4) is 0 Å². The van der Waals surface area contributed by atoms with E-state index in [1.54, 1.807) is 6.20 Å². The van der Waals surface area contributed by atoms with Crippen LogP contribution in [0.25, 0.3) is 33.7 Å². The van der Waals surface area contributed by atoms with Crippen molar-refractivity contribution in [3.63, 3.8) is 0 Å². The van der Waals surface area contributed by atoms with Crippen molar-refractivity contribution in [3.05, 3.63) is 42.4 Å². The first-order chi connectivity index (χ1) is 9.84. The Morgan fingerprint density at radius 2 is 2.25 bits per heavy atom. The summed E-state index contributed by atoms with van der Waals surface area (Å²) >= 11 is 0. The van der Waals surface area contributed by atoms with Crippen LogP contribution < -0.4 is 4.57 Å². The number of aryl methyl sites for hydroxylation is 1. The normalized spacial score (nSPS) is 13.1. The third-order valence-electron chi connectivity index (χ3n) is 4.03. The molecule has 4 aromatic heterocycles. The molecule has 4 aromatic rings. The Hall–Kier alpha value is -2.69. The van der Waals surface area contributed by atoms with Gasteiger partial charge in [0, 0.05) is 24.2 Å². The van der Waals surface area contributed by atoms with Gasteiger partial charge in [0.25, 0.3) is 5.82 Å². The molecule has 0 unspecified atom stereocenters. The third kappa shape index (κ3) is 1.02. The molecule has 0 fully saturated rings. The highest BCUT2D eigenvalue weighted by molar-refractivity contribution is 5.99. The average Bonchev–Trinajstić information content (AvgIpc) is 3.10. The van der Waals surface area contributed by atoms with Gasteiger partial charge >= 0.3 is 5.71 Å². The molecule has 5 heterocycles. The molecule has 1 aliphatic rings. The van der Waals surface area contributed by atoms with Gasteiger partial charge in [0.15, 0.2) is 11.1 Å². The number of nitrogens with zero attached hydrogens (tertiary/aromatic N) is 4. The molecule has 0 amide bonds. The minimum Gasteiger partial charge on any atom is -0.417 e. The van der Waals surface area contributed by atoms with Gasteiger partial charge in [-0.1, -0.05) is 0 Å². The standard InChI is InChI=1S/C15H11N4O/c1-18-14-10-4-6-16-7-9(10)8-19(14)13-12-11(20-15(13)18)3-2-5-17-12/h2-7H,8H2,1H3/q+1. The van der Waals surface area contributed by atoms with Gasteiger partial charge in [0.05, 0.1) is 12.6 Å². The molecule has 0 N–H and O–H groups in total. The second-order valence-electron chi connectivity index (χ2n) is 5.11. The van der Waals surface area contributed by atoms with E-state index in [0.29, 0.717) is 0 Å². The Morgan fingerprint density at radius 3 is 3.20 bits per heavy atom. The molecule has 96 valence electrons. The van der Waals surface area contributed by atoms with Crippen LogP contribution in [-0.2, 0) is 13.6 Å². The van der Waals surface area contributed by atoms with Crippen molar-refractivity contribution in [2.75, 3.05) is 0 Å². The quantitative estimate of drug-likeness (QED) is 0.402. The van der Waals surface area contributed by atoms with Gasteiger partial charge in [-0.15, -0.1) is 0 Å². The van der Waals surface area contributed by atoms with Crippen LogP contribution in [0.1, 0.15) is 5.56 Å². The van der Waals surface area contributed by atoms with Gasteiger partial charge in [-0.2, -0.15) is 4.57 Å². The Kier molecular flexibility index (Phi) is 1.65. The van der Waals surface area contributed by atoms with Crippen molar-refractivity contribution >= 4 is 22.3 Å². The molecule has 0 aromatic carbocycles. The van der Waals surface area contributed by atoms with Crippen LogP contribution in [0.15, 0.2) is 41.2 Å². The van der Waals surface area contributed by atoms with Crippen LogP contribution in [0.4, 0.5) is 0 Å². The van der Waals surface area contributed by atoms with Gasteiger partial charge in [-0.05, 0) is 18.2 Å². The molecule has 0 saturated carbocycles. The highest BCUT2D eigenvalue weighted by Gasteiger charge is 2.36. The Bertz CT molecular complexity index is 996. The zero-order valence-electron chi connectivity index (χ0n) is 10.9. The molecule has 0 aliphatic carbocycles. The first kappa shape index (κ1) is 10.1. The maximum atomic E-state index is 5.96. The summed E-state index contributed by atoms with van der Waals surface area (Å²) in [6.07, 6.45) is 5.57. The Morgan fingerprint density at radius 1 is 1.30 bits per heavy atom. The van der Waals surface area contributed by atoms with Crippen molar-refractivity contribution in [2.45, 2.75) is 6.54 Å². The highest BCUT2D eigenvalue weighted by Crippen LogP contribution is 2.36. The van der Waals surface area contributed by atoms with E-state index in [1.165, 1.54) is 11.1 Å². The van der Waals surface area contributed by atoms with Gasteiger partial charge in [-0.3, -0.25) is 4.98 Å². The van der Waals surface area contributed by atoms with Crippen molar-refractivity contribution in [2.24, 2.45) is 7.05 Å². The second-order valence-corrected chi connectivity index (χ2v) is 5.11.